The molecule has 2 rings (SSSR count). The number of cyclic esters (lactones) is 1. The first kappa shape index (κ1) is 13.2. The molecule has 1 aliphatic heterocycles. The van der Waals surface area contributed by atoms with Crippen LogP contribution in [0.5, 0.6) is 0 Å². The lowest BCUT2D eigenvalue weighted by molar-refractivity contribution is -0.141. The predicted octanol–water partition coefficient (Wildman–Crippen LogP) is 3.59. The predicted molar refractivity (Wildman–Crippen MR) is 67.8 cm³/mol. The van der Waals surface area contributed by atoms with Crippen LogP contribution in [0.4, 0.5) is 0 Å². The molecule has 1 saturated carbocycles. The highest BCUT2D eigenvalue weighted by Crippen LogP contribution is 2.48. The molecule has 0 N–H and O–H groups in total. The Bertz CT molecular complexity index is 365. The van der Waals surface area contributed by atoms with Gasteiger partial charge in [-0.1, -0.05) is 31.3 Å². The molecule has 0 amide bonds. The second-order valence-corrected chi connectivity index (χ2v) is 5.64. The van der Waals surface area contributed by atoms with Gasteiger partial charge in [0.1, 0.15) is 6.10 Å². The van der Waals surface area contributed by atoms with E-state index in [4.69, 9.17) is 10.3 Å². The van der Waals surface area contributed by atoms with Crippen molar-refractivity contribution in [1.82, 2.24) is 0 Å². The summed E-state index contributed by atoms with van der Waals surface area (Å²) in [7, 11) is 0. The summed E-state index contributed by atoms with van der Waals surface area (Å²) < 4.78 is 5.38. The molecule has 3 unspecified atom stereocenters. The van der Waals surface area contributed by atoms with E-state index in [0.717, 1.165) is 25.2 Å². The minimum atomic E-state index is -0.198. The third-order valence-corrected chi connectivity index (χ3v) is 4.68. The summed E-state index contributed by atoms with van der Waals surface area (Å²) in [4.78, 5) is 14.4. The molecule has 1 aliphatic carbocycles. The molecule has 0 radical (unpaired) electrons. The number of ether oxygens (including phenoxy) is 1. The molecule has 2 aliphatic rings. The molecular weight excluding hydrogens is 230 g/mol. The minimum Gasteiger partial charge on any atom is -0.462 e. The molecule has 18 heavy (non-hydrogen) atoms. The lowest BCUT2D eigenvalue weighted by Crippen LogP contribution is -2.32. The number of carbonyl (C=O) groups is 1. The fourth-order valence-corrected chi connectivity index (χ4v) is 3.48. The van der Waals surface area contributed by atoms with Crippen LogP contribution in [0.1, 0.15) is 51.9 Å². The maximum absolute atomic E-state index is 11.6. The number of hydrogen-bond donors (Lipinski definition) is 0. The van der Waals surface area contributed by atoms with E-state index in [1.54, 1.807) is 0 Å². The number of nitrogens with zero attached hydrogens (tertiary/aromatic N) is 3. The molecule has 1 spiro atoms. The number of hydrogen-bond acceptors (Lipinski definition) is 3. The van der Waals surface area contributed by atoms with Crippen LogP contribution in [0, 0.1) is 11.3 Å². The summed E-state index contributed by atoms with van der Waals surface area (Å²) in [5.41, 5.74) is 8.37. The zero-order valence-corrected chi connectivity index (χ0v) is 11.0. The minimum absolute atomic E-state index is 0.0603. The molecule has 0 aromatic heterocycles. The van der Waals surface area contributed by atoms with Gasteiger partial charge in [-0.2, -0.15) is 0 Å². The fourth-order valence-electron chi connectivity index (χ4n) is 3.48. The highest BCUT2D eigenvalue weighted by molar-refractivity contribution is 5.73. The van der Waals surface area contributed by atoms with Crippen molar-refractivity contribution in [3.05, 3.63) is 10.4 Å². The van der Waals surface area contributed by atoms with Crippen molar-refractivity contribution < 1.29 is 9.53 Å². The molecule has 0 bridgehead atoms. The number of carbonyl (C=O) groups excluding carboxylic acids is 1. The highest BCUT2D eigenvalue weighted by atomic mass is 16.6. The van der Waals surface area contributed by atoms with Gasteiger partial charge in [0, 0.05) is 10.3 Å². The van der Waals surface area contributed by atoms with E-state index in [-0.39, 0.29) is 17.5 Å². The summed E-state index contributed by atoms with van der Waals surface area (Å²) in [6.45, 7) is 2.52. The molecule has 5 nitrogen and oxygen atoms in total. The van der Waals surface area contributed by atoms with Crippen molar-refractivity contribution in [3.8, 4) is 0 Å². The zero-order valence-electron chi connectivity index (χ0n) is 11.0. The highest BCUT2D eigenvalue weighted by Gasteiger charge is 2.48. The summed E-state index contributed by atoms with van der Waals surface area (Å²) in [5.74, 6) is 0.656. The lowest BCUT2D eigenvalue weighted by atomic mass is 9.74. The first-order chi connectivity index (χ1) is 8.70. The van der Waals surface area contributed by atoms with Crippen molar-refractivity contribution in [2.45, 2.75) is 58.0 Å². The summed E-state index contributed by atoms with van der Waals surface area (Å²) in [6, 6.07) is 0. The lowest BCUT2D eigenvalue weighted by Gasteiger charge is -2.30. The Balaban J connectivity index is 2.11. The van der Waals surface area contributed by atoms with Crippen LogP contribution in [0.15, 0.2) is 5.11 Å². The largest absolute Gasteiger partial charge is 0.462 e. The van der Waals surface area contributed by atoms with Gasteiger partial charge < -0.3 is 4.74 Å². The molecule has 0 aromatic rings. The number of esters is 1. The average Bonchev–Trinajstić information content (AvgIpc) is 2.54. The van der Waals surface area contributed by atoms with Crippen molar-refractivity contribution >= 4 is 5.97 Å². The molecule has 2 fully saturated rings. The second-order valence-electron chi connectivity index (χ2n) is 5.64. The van der Waals surface area contributed by atoms with Gasteiger partial charge in [0.15, 0.2) is 0 Å². The van der Waals surface area contributed by atoms with Gasteiger partial charge in [-0.3, -0.25) is 4.79 Å². The Hall–Kier alpha value is -1.22. The van der Waals surface area contributed by atoms with E-state index in [2.05, 4.69) is 16.9 Å². The van der Waals surface area contributed by atoms with Gasteiger partial charge in [0.25, 0.3) is 0 Å². The zero-order chi connectivity index (χ0) is 13.0. The van der Waals surface area contributed by atoms with Gasteiger partial charge in [-0.15, -0.1) is 0 Å². The maximum atomic E-state index is 11.6. The van der Waals surface area contributed by atoms with Crippen LogP contribution in [0.3, 0.4) is 0 Å². The van der Waals surface area contributed by atoms with E-state index in [9.17, 15) is 4.79 Å². The van der Waals surface area contributed by atoms with Crippen molar-refractivity contribution in [2.75, 3.05) is 6.54 Å². The third-order valence-electron chi connectivity index (χ3n) is 4.68. The molecule has 100 valence electrons. The van der Waals surface area contributed by atoms with E-state index in [0.29, 0.717) is 13.0 Å². The Kier molecular flexibility index (Phi) is 4.12. The Labute approximate surface area is 108 Å². The van der Waals surface area contributed by atoms with Gasteiger partial charge in [0.2, 0.25) is 0 Å². The molecule has 5 heteroatoms. The molecule has 1 heterocycles. The van der Waals surface area contributed by atoms with Crippen LogP contribution < -0.4 is 0 Å². The molecule has 3 atom stereocenters. The van der Waals surface area contributed by atoms with E-state index < -0.39 is 0 Å². The van der Waals surface area contributed by atoms with Crippen LogP contribution in [0.2, 0.25) is 0 Å². The Morgan fingerprint density at radius 3 is 3.06 bits per heavy atom. The van der Waals surface area contributed by atoms with Gasteiger partial charge in [-0.05, 0) is 30.7 Å². The van der Waals surface area contributed by atoms with Crippen LogP contribution in [0.25, 0.3) is 10.4 Å². The van der Waals surface area contributed by atoms with E-state index in [1.165, 1.54) is 19.3 Å². The summed E-state index contributed by atoms with van der Waals surface area (Å²) >= 11 is 0. The quantitative estimate of drug-likeness (QED) is 0.332. The van der Waals surface area contributed by atoms with Crippen LogP contribution in [-0.4, -0.2) is 18.6 Å². The van der Waals surface area contributed by atoms with Crippen molar-refractivity contribution in [2.24, 2.45) is 16.4 Å². The van der Waals surface area contributed by atoms with Crippen molar-refractivity contribution in [3.63, 3.8) is 0 Å². The fraction of sp³-hybridized carbons (Fsp3) is 0.923. The average molecular weight is 251 g/mol. The first-order valence-corrected chi connectivity index (χ1v) is 6.90. The monoisotopic (exact) mass is 251 g/mol. The van der Waals surface area contributed by atoms with Gasteiger partial charge in [-0.25, -0.2) is 0 Å². The third kappa shape index (κ3) is 2.61. The normalized spacial score (nSPS) is 35.9. The summed E-state index contributed by atoms with van der Waals surface area (Å²) in [5, 5.41) is 3.61. The SMILES string of the molecule is CCC1CCCC2(CC1)CC(=O)OC2CN=[N+]=[N-]. The number of rotatable bonds is 3. The van der Waals surface area contributed by atoms with Crippen LogP contribution in [-0.2, 0) is 9.53 Å². The molecular formula is C13H21N3O2. The standard InChI is InChI=1S/C13H21N3O2/c1-2-10-4-3-6-13(7-5-10)8-12(17)18-11(13)9-15-16-14/h10-11H,2-9H2,1H3. The van der Waals surface area contributed by atoms with Crippen LogP contribution >= 0.6 is 0 Å². The number of azide groups is 1. The van der Waals surface area contributed by atoms with Gasteiger partial charge in [0.05, 0.1) is 13.0 Å². The Morgan fingerprint density at radius 1 is 1.50 bits per heavy atom. The van der Waals surface area contributed by atoms with Gasteiger partial charge >= 0.3 is 5.97 Å². The summed E-state index contributed by atoms with van der Waals surface area (Å²) in [6.07, 6.45) is 7.16. The van der Waals surface area contributed by atoms with E-state index in [1.807, 2.05) is 0 Å². The first-order valence-electron chi connectivity index (χ1n) is 6.90. The van der Waals surface area contributed by atoms with E-state index >= 15 is 0 Å². The molecule has 1 saturated heterocycles. The van der Waals surface area contributed by atoms with Crippen molar-refractivity contribution in [1.29, 1.82) is 0 Å². The smallest absolute Gasteiger partial charge is 0.306 e. The topological polar surface area (TPSA) is 75.1 Å². The molecule has 0 aromatic carbocycles. The second kappa shape index (κ2) is 5.61. The maximum Gasteiger partial charge on any atom is 0.306 e. The Morgan fingerprint density at radius 2 is 2.33 bits per heavy atom.